The summed E-state index contributed by atoms with van der Waals surface area (Å²) in [7, 11) is 1.73. The van der Waals surface area contributed by atoms with Crippen molar-refractivity contribution in [2.75, 3.05) is 44.9 Å². The second-order valence-electron chi connectivity index (χ2n) is 3.53. The fourth-order valence-corrected chi connectivity index (χ4v) is 2.64. The highest BCUT2D eigenvalue weighted by molar-refractivity contribution is 7.99. The summed E-state index contributed by atoms with van der Waals surface area (Å²) in [5.74, 6) is 2.46. The SMILES string of the molecule is COCCCNC(=S)N1CCCSCC1. The van der Waals surface area contributed by atoms with Crippen molar-refractivity contribution < 1.29 is 4.74 Å². The van der Waals surface area contributed by atoms with Crippen LogP contribution in [0.2, 0.25) is 0 Å². The number of thiocarbonyl (C=S) groups is 1. The number of hydrogen-bond donors (Lipinski definition) is 1. The Balaban J connectivity index is 2.14. The molecule has 0 aromatic rings. The van der Waals surface area contributed by atoms with Gasteiger partial charge in [0, 0.05) is 39.1 Å². The van der Waals surface area contributed by atoms with Crippen molar-refractivity contribution in [2.45, 2.75) is 12.8 Å². The molecule has 0 saturated carbocycles. The van der Waals surface area contributed by atoms with Crippen LogP contribution in [0.25, 0.3) is 0 Å². The first kappa shape index (κ1) is 13.1. The second kappa shape index (κ2) is 8.19. The number of methoxy groups -OCH3 is 1. The Morgan fingerprint density at radius 1 is 1.47 bits per heavy atom. The van der Waals surface area contributed by atoms with E-state index < -0.39 is 0 Å². The molecule has 0 amide bonds. The van der Waals surface area contributed by atoms with Gasteiger partial charge in [0.05, 0.1) is 0 Å². The van der Waals surface area contributed by atoms with Gasteiger partial charge in [-0.3, -0.25) is 0 Å². The van der Waals surface area contributed by atoms with Gasteiger partial charge in [-0.1, -0.05) is 0 Å². The van der Waals surface area contributed by atoms with Gasteiger partial charge in [0.15, 0.2) is 5.11 Å². The molecule has 0 bridgehead atoms. The van der Waals surface area contributed by atoms with Crippen molar-refractivity contribution in [1.29, 1.82) is 0 Å². The van der Waals surface area contributed by atoms with Crippen LogP contribution < -0.4 is 5.32 Å². The van der Waals surface area contributed by atoms with E-state index in [-0.39, 0.29) is 0 Å². The average molecular weight is 248 g/mol. The molecule has 1 aliphatic heterocycles. The van der Waals surface area contributed by atoms with E-state index in [1.807, 2.05) is 11.8 Å². The van der Waals surface area contributed by atoms with Crippen molar-refractivity contribution in [3.8, 4) is 0 Å². The monoisotopic (exact) mass is 248 g/mol. The zero-order valence-electron chi connectivity index (χ0n) is 9.33. The third kappa shape index (κ3) is 5.58. The molecule has 0 atom stereocenters. The Morgan fingerprint density at radius 3 is 3.13 bits per heavy atom. The molecule has 0 spiro atoms. The van der Waals surface area contributed by atoms with Crippen LogP contribution >= 0.6 is 24.0 Å². The Kier molecular flexibility index (Phi) is 7.13. The molecule has 1 N–H and O–H groups in total. The van der Waals surface area contributed by atoms with Gasteiger partial charge in [-0.25, -0.2) is 0 Å². The Bertz CT molecular complexity index is 182. The summed E-state index contributed by atoms with van der Waals surface area (Å²) in [6, 6.07) is 0. The van der Waals surface area contributed by atoms with Crippen molar-refractivity contribution >= 4 is 29.1 Å². The highest BCUT2D eigenvalue weighted by atomic mass is 32.2. The molecule has 0 aromatic heterocycles. The fourth-order valence-electron chi connectivity index (χ4n) is 1.47. The zero-order chi connectivity index (χ0) is 10.9. The lowest BCUT2D eigenvalue weighted by atomic mass is 10.4. The van der Waals surface area contributed by atoms with Gasteiger partial charge in [0.1, 0.15) is 0 Å². The number of hydrogen-bond acceptors (Lipinski definition) is 3. The summed E-state index contributed by atoms with van der Waals surface area (Å²) in [5, 5.41) is 4.19. The Hall–Kier alpha value is 0. The van der Waals surface area contributed by atoms with Crippen LogP contribution in [0.3, 0.4) is 0 Å². The standard InChI is InChI=1S/C10H20N2OS2/c1-13-7-2-4-11-10(14)12-5-3-8-15-9-6-12/h2-9H2,1H3,(H,11,14). The molecule has 0 radical (unpaired) electrons. The molecule has 0 aromatic carbocycles. The first-order valence-corrected chi connectivity index (χ1v) is 7.00. The van der Waals surface area contributed by atoms with Crippen LogP contribution in [0.4, 0.5) is 0 Å². The van der Waals surface area contributed by atoms with Crippen molar-refractivity contribution in [3.63, 3.8) is 0 Å². The van der Waals surface area contributed by atoms with Gasteiger partial charge in [-0.2, -0.15) is 11.8 Å². The van der Waals surface area contributed by atoms with Crippen LogP contribution in [0, 0.1) is 0 Å². The molecule has 5 heteroatoms. The highest BCUT2D eigenvalue weighted by Gasteiger charge is 2.11. The molecule has 0 unspecified atom stereocenters. The lowest BCUT2D eigenvalue weighted by molar-refractivity contribution is 0.195. The van der Waals surface area contributed by atoms with Gasteiger partial charge >= 0.3 is 0 Å². The van der Waals surface area contributed by atoms with Gasteiger partial charge < -0.3 is 15.0 Å². The van der Waals surface area contributed by atoms with Gasteiger partial charge in [-0.15, -0.1) is 0 Å². The summed E-state index contributed by atoms with van der Waals surface area (Å²) in [4.78, 5) is 2.28. The minimum atomic E-state index is 0.797. The maximum absolute atomic E-state index is 5.35. The molecule has 3 nitrogen and oxygen atoms in total. The Morgan fingerprint density at radius 2 is 2.33 bits per heavy atom. The summed E-state index contributed by atoms with van der Waals surface area (Å²) in [5.41, 5.74) is 0. The lowest BCUT2D eigenvalue weighted by Gasteiger charge is -2.23. The molecular weight excluding hydrogens is 228 g/mol. The number of thioether (sulfide) groups is 1. The molecule has 1 rings (SSSR count). The van der Waals surface area contributed by atoms with E-state index in [0.29, 0.717) is 0 Å². The molecule has 1 aliphatic rings. The second-order valence-corrected chi connectivity index (χ2v) is 5.14. The van der Waals surface area contributed by atoms with Gasteiger partial charge in [0.25, 0.3) is 0 Å². The summed E-state index contributed by atoms with van der Waals surface area (Å²) in [6.45, 7) is 3.89. The topological polar surface area (TPSA) is 24.5 Å². The molecule has 0 aliphatic carbocycles. The van der Waals surface area contributed by atoms with Crippen molar-refractivity contribution in [1.82, 2.24) is 10.2 Å². The lowest BCUT2D eigenvalue weighted by Crippen LogP contribution is -2.41. The van der Waals surface area contributed by atoms with E-state index >= 15 is 0 Å². The predicted octanol–water partition coefficient (Wildman–Crippen LogP) is 1.34. The third-order valence-electron chi connectivity index (χ3n) is 2.31. The van der Waals surface area contributed by atoms with Crippen LogP contribution in [-0.2, 0) is 4.74 Å². The van der Waals surface area contributed by atoms with E-state index in [9.17, 15) is 0 Å². The highest BCUT2D eigenvalue weighted by Crippen LogP contribution is 2.09. The Labute approximate surface area is 102 Å². The maximum atomic E-state index is 5.35. The number of nitrogens with one attached hydrogen (secondary N) is 1. The average Bonchev–Trinajstić information content (AvgIpc) is 2.52. The molecule has 1 heterocycles. The largest absolute Gasteiger partial charge is 0.385 e. The van der Waals surface area contributed by atoms with Gasteiger partial charge in [-0.05, 0) is 30.8 Å². The van der Waals surface area contributed by atoms with Crippen LogP contribution in [0.15, 0.2) is 0 Å². The molecular formula is C10H20N2OS2. The number of rotatable bonds is 4. The quantitative estimate of drug-likeness (QED) is 0.598. The first-order chi connectivity index (χ1) is 7.34. The van der Waals surface area contributed by atoms with Gasteiger partial charge in [0.2, 0.25) is 0 Å². The van der Waals surface area contributed by atoms with E-state index in [1.54, 1.807) is 7.11 Å². The normalized spacial score (nSPS) is 17.3. The molecule has 15 heavy (non-hydrogen) atoms. The maximum Gasteiger partial charge on any atom is 0.168 e. The molecule has 88 valence electrons. The minimum Gasteiger partial charge on any atom is -0.385 e. The fraction of sp³-hybridized carbons (Fsp3) is 0.900. The van der Waals surface area contributed by atoms with E-state index in [0.717, 1.165) is 37.8 Å². The van der Waals surface area contributed by atoms with E-state index in [1.165, 1.54) is 17.9 Å². The summed E-state index contributed by atoms with van der Waals surface area (Å²) in [6.07, 6.45) is 2.25. The predicted molar refractivity (Wildman–Crippen MR) is 70.6 cm³/mol. The van der Waals surface area contributed by atoms with Crippen LogP contribution in [0.1, 0.15) is 12.8 Å². The number of nitrogens with zero attached hydrogens (tertiary/aromatic N) is 1. The van der Waals surface area contributed by atoms with E-state index in [2.05, 4.69) is 10.2 Å². The summed E-state index contributed by atoms with van der Waals surface area (Å²) < 4.78 is 4.99. The van der Waals surface area contributed by atoms with Crippen LogP contribution in [-0.4, -0.2) is 54.9 Å². The zero-order valence-corrected chi connectivity index (χ0v) is 11.0. The summed E-state index contributed by atoms with van der Waals surface area (Å²) >= 11 is 7.37. The minimum absolute atomic E-state index is 0.797. The molecule has 1 fully saturated rings. The van der Waals surface area contributed by atoms with Crippen molar-refractivity contribution in [3.05, 3.63) is 0 Å². The van der Waals surface area contributed by atoms with E-state index in [4.69, 9.17) is 17.0 Å². The first-order valence-electron chi connectivity index (χ1n) is 5.44. The third-order valence-corrected chi connectivity index (χ3v) is 3.76. The smallest absolute Gasteiger partial charge is 0.168 e. The van der Waals surface area contributed by atoms with Crippen molar-refractivity contribution in [2.24, 2.45) is 0 Å². The molecule has 1 saturated heterocycles. The number of ether oxygens (including phenoxy) is 1. The van der Waals surface area contributed by atoms with Crippen LogP contribution in [0.5, 0.6) is 0 Å².